The molecule has 4 heterocycles. The third-order valence-corrected chi connectivity index (χ3v) is 5.03. The van der Waals surface area contributed by atoms with Gasteiger partial charge in [-0.1, -0.05) is 6.58 Å². The highest BCUT2D eigenvalue weighted by molar-refractivity contribution is 5.88. The Balaban J connectivity index is 1.52. The predicted octanol–water partition coefficient (Wildman–Crippen LogP) is 0.628. The van der Waals surface area contributed by atoms with Crippen LogP contribution in [-0.4, -0.2) is 72.8 Å². The Morgan fingerprint density at radius 2 is 2.23 bits per heavy atom. The molecule has 12 nitrogen and oxygen atoms in total. The average Bonchev–Trinajstić information content (AvgIpc) is 3.42. The largest absolute Gasteiger partial charge is 0.365 e. The number of aromatic nitrogens is 6. The van der Waals surface area contributed by atoms with Crippen molar-refractivity contribution in [2.75, 3.05) is 30.8 Å². The number of carbonyl (C=O) groups excluding carboxylic acids is 2. The van der Waals surface area contributed by atoms with E-state index in [2.05, 4.69) is 47.8 Å². The summed E-state index contributed by atoms with van der Waals surface area (Å²) in [6.45, 7) is 4.98. The first-order chi connectivity index (χ1) is 15.1. The van der Waals surface area contributed by atoms with E-state index in [1.807, 2.05) is 0 Å². The number of nitrogens with one attached hydrogen (secondary N) is 4. The number of piperidine rings is 1. The number of carbonyl (C=O) groups is 2. The molecule has 0 aliphatic carbocycles. The molecule has 0 saturated carbocycles. The Kier molecular flexibility index (Phi) is 5.78. The summed E-state index contributed by atoms with van der Waals surface area (Å²) in [5, 5.41) is 20.9. The second kappa shape index (κ2) is 8.81. The number of rotatable bonds is 7. The third-order valence-electron chi connectivity index (χ3n) is 5.03. The molecule has 3 aromatic heterocycles. The van der Waals surface area contributed by atoms with Crippen molar-refractivity contribution in [3.63, 3.8) is 0 Å². The van der Waals surface area contributed by atoms with Crippen molar-refractivity contribution in [2.24, 2.45) is 0 Å². The molecular weight excluding hydrogens is 400 g/mol. The van der Waals surface area contributed by atoms with E-state index < -0.39 is 0 Å². The summed E-state index contributed by atoms with van der Waals surface area (Å²) in [6, 6.07) is 0.0498. The Morgan fingerprint density at radius 1 is 1.35 bits per heavy atom. The van der Waals surface area contributed by atoms with Crippen LogP contribution in [0.25, 0.3) is 11.0 Å². The van der Waals surface area contributed by atoms with Gasteiger partial charge in [0.25, 0.3) is 0 Å². The summed E-state index contributed by atoms with van der Waals surface area (Å²) in [5.41, 5.74) is 1.22. The van der Waals surface area contributed by atoms with Crippen LogP contribution in [0.2, 0.25) is 0 Å². The van der Waals surface area contributed by atoms with Crippen molar-refractivity contribution in [1.82, 2.24) is 40.2 Å². The van der Waals surface area contributed by atoms with Crippen molar-refractivity contribution in [2.45, 2.75) is 25.4 Å². The van der Waals surface area contributed by atoms with E-state index in [4.69, 9.17) is 0 Å². The summed E-state index contributed by atoms with van der Waals surface area (Å²) in [6.07, 6.45) is 8.11. The smallest absolute Gasteiger partial charge is 0.246 e. The first kappa shape index (κ1) is 20.3. The van der Waals surface area contributed by atoms with Gasteiger partial charge in [-0.05, 0) is 18.9 Å². The second-order valence-corrected chi connectivity index (χ2v) is 7.22. The van der Waals surface area contributed by atoms with Gasteiger partial charge in [-0.25, -0.2) is 0 Å². The summed E-state index contributed by atoms with van der Waals surface area (Å²) >= 11 is 0. The monoisotopic (exact) mass is 424 g/mol. The van der Waals surface area contributed by atoms with Gasteiger partial charge in [0.1, 0.15) is 12.4 Å². The van der Waals surface area contributed by atoms with Gasteiger partial charge in [0.2, 0.25) is 17.8 Å². The lowest BCUT2D eigenvalue weighted by Crippen LogP contribution is -2.44. The zero-order chi connectivity index (χ0) is 21.8. The molecule has 0 spiro atoms. The minimum atomic E-state index is -0.146. The molecule has 1 atom stereocenters. The molecule has 2 amide bonds. The van der Waals surface area contributed by atoms with E-state index in [1.54, 1.807) is 30.5 Å². The molecule has 4 N–H and O–H groups in total. The highest BCUT2D eigenvalue weighted by Gasteiger charge is 2.23. The van der Waals surface area contributed by atoms with Crippen LogP contribution in [0, 0.1) is 0 Å². The molecule has 1 aliphatic rings. The average molecular weight is 424 g/mol. The van der Waals surface area contributed by atoms with Crippen LogP contribution < -0.4 is 16.0 Å². The normalized spacial score (nSPS) is 16.2. The summed E-state index contributed by atoms with van der Waals surface area (Å²) in [7, 11) is 1.58. The van der Waals surface area contributed by atoms with Gasteiger partial charge in [0.15, 0.2) is 5.65 Å². The van der Waals surface area contributed by atoms with Crippen molar-refractivity contribution in [3.8, 4) is 0 Å². The molecule has 0 bridgehead atoms. The molecule has 0 unspecified atom stereocenters. The number of nitrogens with zero attached hydrogens (tertiary/aromatic N) is 6. The topological polar surface area (TPSA) is 146 Å². The summed E-state index contributed by atoms with van der Waals surface area (Å²) in [4.78, 5) is 34.3. The molecule has 12 heteroatoms. The number of fused-ring (bicyclic) bond motifs is 1. The Bertz CT molecular complexity index is 1100. The van der Waals surface area contributed by atoms with Crippen LogP contribution >= 0.6 is 0 Å². The van der Waals surface area contributed by atoms with E-state index >= 15 is 0 Å². The van der Waals surface area contributed by atoms with Crippen LogP contribution in [0.4, 0.5) is 17.5 Å². The van der Waals surface area contributed by atoms with Crippen molar-refractivity contribution < 1.29 is 9.59 Å². The number of H-pyrrole nitrogens is 1. The lowest BCUT2D eigenvalue weighted by atomic mass is 10.1. The number of likely N-dealkylation sites (N-methyl/N-ethyl adjacent to an activating group) is 1. The van der Waals surface area contributed by atoms with Crippen molar-refractivity contribution in [1.29, 1.82) is 0 Å². The number of anilines is 3. The first-order valence-corrected chi connectivity index (χ1v) is 9.94. The molecule has 1 fully saturated rings. The van der Waals surface area contributed by atoms with Gasteiger partial charge in [-0.3, -0.25) is 19.4 Å². The molecule has 4 rings (SSSR count). The predicted molar refractivity (Wildman–Crippen MR) is 115 cm³/mol. The van der Waals surface area contributed by atoms with Gasteiger partial charge in [-0.2, -0.15) is 20.2 Å². The van der Waals surface area contributed by atoms with E-state index in [9.17, 15) is 9.59 Å². The van der Waals surface area contributed by atoms with Gasteiger partial charge in [-0.15, -0.1) is 0 Å². The maximum atomic E-state index is 12.0. The van der Waals surface area contributed by atoms with E-state index in [-0.39, 0.29) is 24.4 Å². The molecule has 162 valence electrons. The standard InChI is InChI=1S/C19H24N10O2/c1-3-16(31)28-6-4-5-12(9-28)23-17-14-8-21-27-18(14)26-19(25-17)24-13-7-22-29(10-13)11-15(30)20-2/h3,7-8,10,12H,1,4-6,9,11H2,2H3,(H,20,30)(H3,21,23,24,25,26,27)/t12-/m1/s1. The molecule has 1 aliphatic heterocycles. The van der Waals surface area contributed by atoms with Gasteiger partial charge in [0, 0.05) is 32.4 Å². The highest BCUT2D eigenvalue weighted by Crippen LogP contribution is 2.24. The number of likely N-dealkylation sites (tertiary alicyclic amines) is 1. The molecule has 0 aromatic carbocycles. The fourth-order valence-corrected chi connectivity index (χ4v) is 3.49. The van der Waals surface area contributed by atoms with E-state index in [0.717, 1.165) is 24.8 Å². The SMILES string of the molecule is C=CC(=O)N1CCC[C@@H](Nc2nc(Nc3cnn(CC(=O)NC)c3)nc3[nH]ncc23)C1. The van der Waals surface area contributed by atoms with Crippen molar-refractivity contribution >= 4 is 40.3 Å². The Labute approximate surface area is 178 Å². The Hall–Kier alpha value is -3.96. The van der Waals surface area contributed by atoms with Crippen LogP contribution in [0.3, 0.4) is 0 Å². The van der Waals surface area contributed by atoms with Crippen LogP contribution in [-0.2, 0) is 16.1 Å². The van der Waals surface area contributed by atoms with Crippen LogP contribution in [0.15, 0.2) is 31.2 Å². The fraction of sp³-hybridized carbons (Fsp3) is 0.368. The molecule has 0 radical (unpaired) electrons. The minimum Gasteiger partial charge on any atom is -0.365 e. The Morgan fingerprint density at radius 3 is 3.03 bits per heavy atom. The summed E-state index contributed by atoms with van der Waals surface area (Å²) < 4.78 is 1.52. The number of hydrogen-bond acceptors (Lipinski definition) is 8. The van der Waals surface area contributed by atoms with Gasteiger partial charge in [0.05, 0.1) is 23.5 Å². The minimum absolute atomic E-state index is 0.0498. The first-order valence-electron chi connectivity index (χ1n) is 9.94. The van der Waals surface area contributed by atoms with Crippen LogP contribution in [0.1, 0.15) is 12.8 Å². The summed E-state index contributed by atoms with van der Waals surface area (Å²) in [5.74, 6) is 0.761. The molecule has 31 heavy (non-hydrogen) atoms. The number of aromatic amines is 1. The highest BCUT2D eigenvalue weighted by atomic mass is 16.2. The van der Waals surface area contributed by atoms with Crippen LogP contribution in [0.5, 0.6) is 0 Å². The zero-order valence-corrected chi connectivity index (χ0v) is 17.1. The maximum Gasteiger partial charge on any atom is 0.246 e. The quantitative estimate of drug-likeness (QED) is 0.404. The zero-order valence-electron chi connectivity index (χ0n) is 17.1. The van der Waals surface area contributed by atoms with Gasteiger partial charge < -0.3 is 20.9 Å². The third kappa shape index (κ3) is 4.63. The fourth-order valence-electron chi connectivity index (χ4n) is 3.49. The van der Waals surface area contributed by atoms with E-state index in [1.165, 1.54) is 10.8 Å². The molecular formula is C19H24N10O2. The lowest BCUT2D eigenvalue weighted by Gasteiger charge is -2.32. The number of hydrogen-bond donors (Lipinski definition) is 4. The number of amides is 2. The van der Waals surface area contributed by atoms with Crippen molar-refractivity contribution in [3.05, 3.63) is 31.2 Å². The molecule has 3 aromatic rings. The molecule has 1 saturated heterocycles. The maximum absolute atomic E-state index is 12.0. The van der Waals surface area contributed by atoms with E-state index in [0.29, 0.717) is 29.6 Å². The lowest BCUT2D eigenvalue weighted by molar-refractivity contribution is -0.127. The second-order valence-electron chi connectivity index (χ2n) is 7.22. The van der Waals surface area contributed by atoms with Gasteiger partial charge >= 0.3 is 0 Å².